The first-order chi connectivity index (χ1) is 9.53. The molecule has 0 unspecified atom stereocenters. The van der Waals surface area contributed by atoms with Gasteiger partial charge in [-0.25, -0.2) is 0 Å². The summed E-state index contributed by atoms with van der Waals surface area (Å²) in [6.45, 7) is 4.74. The molecule has 0 aliphatic heterocycles. The fourth-order valence-electron chi connectivity index (χ4n) is 2.30. The summed E-state index contributed by atoms with van der Waals surface area (Å²) >= 11 is 0. The van der Waals surface area contributed by atoms with Gasteiger partial charge >= 0.3 is 0 Å². The highest BCUT2D eigenvalue weighted by atomic mass is 16.3. The van der Waals surface area contributed by atoms with Gasteiger partial charge in [0.1, 0.15) is 0 Å². The van der Waals surface area contributed by atoms with Crippen molar-refractivity contribution in [1.29, 1.82) is 0 Å². The van der Waals surface area contributed by atoms with E-state index in [0.29, 0.717) is 12.1 Å². The zero-order valence-corrected chi connectivity index (χ0v) is 12.0. The number of carbonyl (C=O) groups excluding carboxylic acids is 1. The SMILES string of the molecule is CCC(CC)N(CCO)CC(=O)c1ccc(O)c(O)c1. The first-order valence-corrected chi connectivity index (χ1v) is 6.93. The fraction of sp³-hybridized carbons (Fsp3) is 0.533. The molecule has 3 N–H and O–H groups in total. The number of rotatable bonds is 8. The molecule has 0 aromatic heterocycles. The smallest absolute Gasteiger partial charge is 0.176 e. The van der Waals surface area contributed by atoms with Gasteiger partial charge in [0.25, 0.3) is 0 Å². The first-order valence-electron chi connectivity index (χ1n) is 6.93. The Bertz CT molecular complexity index is 443. The molecular weight excluding hydrogens is 258 g/mol. The summed E-state index contributed by atoms with van der Waals surface area (Å²) in [5.41, 5.74) is 0.356. The number of Topliss-reactive ketones (excluding diaryl/α,β-unsaturated/α-hetero) is 1. The van der Waals surface area contributed by atoms with Gasteiger partial charge < -0.3 is 15.3 Å². The molecule has 0 radical (unpaired) electrons. The molecule has 0 bridgehead atoms. The highest BCUT2D eigenvalue weighted by Crippen LogP contribution is 2.25. The van der Waals surface area contributed by atoms with Gasteiger partial charge in [-0.2, -0.15) is 0 Å². The van der Waals surface area contributed by atoms with E-state index in [1.165, 1.54) is 18.2 Å². The molecule has 5 heteroatoms. The van der Waals surface area contributed by atoms with Crippen molar-refractivity contribution in [2.24, 2.45) is 0 Å². The predicted octanol–water partition coefficient (Wildman–Crippen LogP) is 1.76. The summed E-state index contributed by atoms with van der Waals surface area (Å²) in [5.74, 6) is -0.679. The third-order valence-corrected chi connectivity index (χ3v) is 3.49. The monoisotopic (exact) mass is 281 g/mol. The van der Waals surface area contributed by atoms with Crippen molar-refractivity contribution in [3.05, 3.63) is 23.8 Å². The van der Waals surface area contributed by atoms with Crippen LogP contribution in [0.25, 0.3) is 0 Å². The lowest BCUT2D eigenvalue weighted by Crippen LogP contribution is -2.40. The maximum Gasteiger partial charge on any atom is 0.176 e. The van der Waals surface area contributed by atoms with Gasteiger partial charge in [0.05, 0.1) is 13.2 Å². The van der Waals surface area contributed by atoms with Crippen LogP contribution in [0.5, 0.6) is 11.5 Å². The largest absolute Gasteiger partial charge is 0.504 e. The van der Waals surface area contributed by atoms with Crippen LogP contribution in [-0.4, -0.2) is 51.7 Å². The zero-order valence-electron chi connectivity index (χ0n) is 12.0. The molecule has 0 atom stereocenters. The second-order valence-electron chi connectivity index (χ2n) is 4.79. The van der Waals surface area contributed by atoms with Crippen LogP contribution in [-0.2, 0) is 0 Å². The minimum atomic E-state index is -0.299. The number of aliphatic hydroxyl groups excluding tert-OH is 1. The van der Waals surface area contributed by atoms with Gasteiger partial charge in [0.15, 0.2) is 17.3 Å². The quantitative estimate of drug-likeness (QED) is 0.500. The number of carbonyl (C=O) groups is 1. The molecule has 0 saturated carbocycles. The van der Waals surface area contributed by atoms with Crippen LogP contribution < -0.4 is 0 Å². The van der Waals surface area contributed by atoms with Crippen molar-refractivity contribution < 1.29 is 20.1 Å². The number of hydrogen-bond donors (Lipinski definition) is 3. The molecule has 1 rings (SSSR count). The van der Waals surface area contributed by atoms with Crippen molar-refractivity contribution in [2.75, 3.05) is 19.7 Å². The van der Waals surface area contributed by atoms with Crippen molar-refractivity contribution in [3.8, 4) is 11.5 Å². The third-order valence-electron chi connectivity index (χ3n) is 3.49. The van der Waals surface area contributed by atoms with Crippen LogP contribution in [0, 0.1) is 0 Å². The molecule has 0 heterocycles. The Morgan fingerprint density at radius 3 is 2.35 bits per heavy atom. The van der Waals surface area contributed by atoms with Gasteiger partial charge in [0.2, 0.25) is 0 Å². The second kappa shape index (κ2) is 7.87. The number of phenolic OH excluding ortho intramolecular Hbond substituents is 2. The molecule has 0 saturated heterocycles. The second-order valence-corrected chi connectivity index (χ2v) is 4.79. The normalized spacial score (nSPS) is 11.2. The molecule has 1 aromatic rings. The van der Waals surface area contributed by atoms with Crippen molar-refractivity contribution in [1.82, 2.24) is 4.90 Å². The summed E-state index contributed by atoms with van der Waals surface area (Å²) < 4.78 is 0. The number of benzene rings is 1. The highest BCUT2D eigenvalue weighted by Gasteiger charge is 2.19. The number of hydrogen-bond acceptors (Lipinski definition) is 5. The van der Waals surface area contributed by atoms with E-state index in [0.717, 1.165) is 12.8 Å². The Labute approximate surface area is 119 Å². The lowest BCUT2D eigenvalue weighted by atomic mass is 10.1. The van der Waals surface area contributed by atoms with E-state index in [1.54, 1.807) is 0 Å². The van der Waals surface area contributed by atoms with Crippen LogP contribution in [0.4, 0.5) is 0 Å². The van der Waals surface area contributed by atoms with E-state index in [4.69, 9.17) is 5.11 Å². The standard InChI is InChI=1S/C15H23NO4/c1-3-12(4-2)16(7-8-17)10-15(20)11-5-6-13(18)14(19)9-11/h5-6,9,12,17-19H,3-4,7-8,10H2,1-2H3. The van der Waals surface area contributed by atoms with Crippen LogP contribution in [0.1, 0.15) is 37.0 Å². The molecular formula is C15H23NO4. The maximum atomic E-state index is 12.2. The number of aromatic hydroxyl groups is 2. The summed E-state index contributed by atoms with van der Waals surface area (Å²) in [7, 11) is 0. The maximum absolute atomic E-state index is 12.2. The van der Waals surface area contributed by atoms with E-state index >= 15 is 0 Å². The zero-order chi connectivity index (χ0) is 15.1. The number of phenols is 2. The van der Waals surface area contributed by atoms with Crippen molar-refractivity contribution >= 4 is 5.78 Å². The molecule has 0 spiro atoms. The topological polar surface area (TPSA) is 81.0 Å². The summed E-state index contributed by atoms with van der Waals surface area (Å²) in [6.07, 6.45) is 1.81. The number of ketones is 1. The summed E-state index contributed by atoms with van der Waals surface area (Å²) in [5, 5.41) is 27.8. The van der Waals surface area contributed by atoms with Gasteiger partial charge in [-0.15, -0.1) is 0 Å². The molecule has 20 heavy (non-hydrogen) atoms. The Hall–Kier alpha value is -1.59. The molecule has 0 aliphatic carbocycles. The predicted molar refractivity (Wildman–Crippen MR) is 77.1 cm³/mol. The van der Waals surface area contributed by atoms with Gasteiger partial charge in [0, 0.05) is 18.2 Å². The Morgan fingerprint density at radius 2 is 1.85 bits per heavy atom. The summed E-state index contributed by atoms with van der Waals surface area (Å²) in [4.78, 5) is 14.2. The molecule has 5 nitrogen and oxygen atoms in total. The molecule has 1 aromatic carbocycles. The van der Waals surface area contributed by atoms with E-state index < -0.39 is 0 Å². The Morgan fingerprint density at radius 1 is 1.20 bits per heavy atom. The van der Waals surface area contributed by atoms with E-state index in [2.05, 4.69) is 13.8 Å². The van der Waals surface area contributed by atoms with Crippen molar-refractivity contribution in [3.63, 3.8) is 0 Å². The van der Waals surface area contributed by atoms with E-state index in [1.807, 2.05) is 4.90 Å². The number of nitrogens with zero attached hydrogens (tertiary/aromatic N) is 1. The Kier molecular flexibility index (Phi) is 6.48. The van der Waals surface area contributed by atoms with Crippen LogP contribution in [0.3, 0.4) is 0 Å². The average Bonchev–Trinajstić information content (AvgIpc) is 2.43. The summed E-state index contributed by atoms with van der Waals surface area (Å²) in [6, 6.07) is 4.30. The lowest BCUT2D eigenvalue weighted by molar-refractivity contribution is 0.0850. The minimum Gasteiger partial charge on any atom is -0.504 e. The van der Waals surface area contributed by atoms with Crippen LogP contribution in [0.2, 0.25) is 0 Å². The van der Waals surface area contributed by atoms with Crippen LogP contribution in [0.15, 0.2) is 18.2 Å². The fourth-order valence-corrected chi connectivity index (χ4v) is 2.30. The molecule has 0 fully saturated rings. The van der Waals surface area contributed by atoms with E-state index in [9.17, 15) is 15.0 Å². The van der Waals surface area contributed by atoms with E-state index in [-0.39, 0.29) is 36.5 Å². The minimum absolute atomic E-state index is 0.00457. The van der Waals surface area contributed by atoms with Crippen LogP contribution >= 0.6 is 0 Å². The Balaban J connectivity index is 2.81. The molecule has 0 amide bonds. The highest BCUT2D eigenvalue weighted by molar-refractivity contribution is 5.98. The average molecular weight is 281 g/mol. The lowest BCUT2D eigenvalue weighted by Gasteiger charge is -2.29. The van der Waals surface area contributed by atoms with Gasteiger partial charge in [-0.05, 0) is 31.0 Å². The van der Waals surface area contributed by atoms with Gasteiger partial charge in [-0.3, -0.25) is 9.69 Å². The number of aliphatic hydroxyl groups is 1. The first kappa shape index (κ1) is 16.5. The van der Waals surface area contributed by atoms with Crippen molar-refractivity contribution in [2.45, 2.75) is 32.7 Å². The van der Waals surface area contributed by atoms with Gasteiger partial charge in [-0.1, -0.05) is 13.8 Å². The molecule has 0 aliphatic rings. The third kappa shape index (κ3) is 4.21. The molecule has 112 valence electrons.